The molecule has 2 rings (SSSR count). The van der Waals surface area contributed by atoms with Crippen LogP contribution in [0, 0.1) is 0 Å². The molecule has 1 saturated heterocycles. The van der Waals surface area contributed by atoms with Crippen LogP contribution in [0.5, 0.6) is 0 Å². The Morgan fingerprint density at radius 1 is 1.61 bits per heavy atom. The molecule has 0 saturated carbocycles. The van der Waals surface area contributed by atoms with Crippen LogP contribution in [0.1, 0.15) is 17.3 Å². The van der Waals surface area contributed by atoms with Crippen molar-refractivity contribution in [3.63, 3.8) is 0 Å². The zero-order chi connectivity index (χ0) is 13.0. The highest BCUT2D eigenvalue weighted by molar-refractivity contribution is 7.99. The zero-order valence-corrected chi connectivity index (χ0v) is 10.9. The maximum absolute atomic E-state index is 12.2. The molecule has 1 aromatic rings. The first-order valence-electron chi connectivity index (χ1n) is 5.69. The van der Waals surface area contributed by atoms with Crippen molar-refractivity contribution in [2.75, 3.05) is 18.2 Å². The van der Waals surface area contributed by atoms with Crippen molar-refractivity contribution in [3.05, 3.63) is 30.1 Å². The lowest BCUT2D eigenvalue weighted by molar-refractivity contribution is -0.147. The third kappa shape index (κ3) is 2.64. The quantitative estimate of drug-likeness (QED) is 0.768. The number of pyridine rings is 1. The van der Waals surface area contributed by atoms with Gasteiger partial charge in [0.05, 0.1) is 18.0 Å². The highest BCUT2D eigenvalue weighted by Crippen LogP contribution is 2.23. The van der Waals surface area contributed by atoms with Gasteiger partial charge in [-0.05, 0) is 19.1 Å². The number of hydrogen-bond donors (Lipinski definition) is 0. The Bertz CT molecular complexity index is 438. The molecule has 0 N–H and O–H groups in total. The van der Waals surface area contributed by atoms with Crippen molar-refractivity contribution in [1.82, 2.24) is 9.88 Å². The van der Waals surface area contributed by atoms with Gasteiger partial charge in [0.25, 0.3) is 5.91 Å². The molecule has 6 heteroatoms. The van der Waals surface area contributed by atoms with Crippen LogP contribution in [-0.4, -0.2) is 46.0 Å². The van der Waals surface area contributed by atoms with Gasteiger partial charge in [-0.25, -0.2) is 4.79 Å². The van der Waals surface area contributed by atoms with Crippen LogP contribution < -0.4 is 0 Å². The average molecular weight is 266 g/mol. The van der Waals surface area contributed by atoms with E-state index in [0.29, 0.717) is 23.8 Å². The second-order valence-electron chi connectivity index (χ2n) is 3.78. The molecule has 1 aromatic heterocycles. The van der Waals surface area contributed by atoms with Crippen LogP contribution in [0.25, 0.3) is 0 Å². The highest BCUT2D eigenvalue weighted by Gasteiger charge is 2.36. The number of thioether (sulfide) groups is 1. The van der Waals surface area contributed by atoms with E-state index in [-0.39, 0.29) is 11.9 Å². The maximum Gasteiger partial charge on any atom is 0.329 e. The summed E-state index contributed by atoms with van der Waals surface area (Å²) in [6.45, 7) is 2.09. The second-order valence-corrected chi connectivity index (χ2v) is 4.78. The van der Waals surface area contributed by atoms with E-state index in [1.54, 1.807) is 41.9 Å². The lowest BCUT2D eigenvalue weighted by Gasteiger charge is -2.21. The third-order valence-corrected chi connectivity index (χ3v) is 3.62. The monoisotopic (exact) mass is 266 g/mol. The Morgan fingerprint density at radius 2 is 2.44 bits per heavy atom. The van der Waals surface area contributed by atoms with Crippen molar-refractivity contribution in [2.45, 2.75) is 13.0 Å². The number of ether oxygens (including phenoxy) is 1. The molecule has 1 unspecified atom stereocenters. The molecule has 1 fully saturated rings. The van der Waals surface area contributed by atoms with Gasteiger partial charge < -0.3 is 9.64 Å². The number of carbonyl (C=O) groups excluding carboxylic acids is 2. The van der Waals surface area contributed by atoms with Gasteiger partial charge in [0.2, 0.25) is 0 Å². The molecule has 0 radical (unpaired) electrons. The summed E-state index contributed by atoms with van der Waals surface area (Å²) in [7, 11) is 0. The molecule has 0 aromatic carbocycles. The van der Waals surface area contributed by atoms with Crippen LogP contribution in [0.4, 0.5) is 0 Å². The van der Waals surface area contributed by atoms with E-state index in [2.05, 4.69) is 4.98 Å². The lowest BCUT2D eigenvalue weighted by atomic mass is 10.2. The topological polar surface area (TPSA) is 59.5 Å². The molecule has 1 aliphatic rings. The molecular formula is C12H14N2O3S. The predicted octanol–water partition coefficient (Wildman–Crippen LogP) is 1.16. The van der Waals surface area contributed by atoms with Crippen LogP contribution >= 0.6 is 11.8 Å². The van der Waals surface area contributed by atoms with E-state index in [4.69, 9.17) is 4.74 Å². The van der Waals surface area contributed by atoms with Crippen molar-refractivity contribution < 1.29 is 14.3 Å². The summed E-state index contributed by atoms with van der Waals surface area (Å²) in [4.78, 5) is 29.4. The number of rotatable bonds is 3. The van der Waals surface area contributed by atoms with Crippen LogP contribution in [0.3, 0.4) is 0 Å². The highest BCUT2D eigenvalue weighted by atomic mass is 32.2. The van der Waals surface area contributed by atoms with Gasteiger partial charge in [0, 0.05) is 18.1 Å². The summed E-state index contributed by atoms with van der Waals surface area (Å²) in [5.41, 5.74) is 0.495. The van der Waals surface area contributed by atoms with E-state index >= 15 is 0 Å². The van der Waals surface area contributed by atoms with Crippen molar-refractivity contribution in [1.29, 1.82) is 0 Å². The molecule has 2 heterocycles. The molecule has 1 atom stereocenters. The van der Waals surface area contributed by atoms with E-state index in [9.17, 15) is 9.59 Å². The number of nitrogens with zero attached hydrogens (tertiary/aromatic N) is 2. The van der Waals surface area contributed by atoms with Crippen LogP contribution in [-0.2, 0) is 9.53 Å². The molecule has 5 nitrogen and oxygen atoms in total. The van der Waals surface area contributed by atoms with Gasteiger partial charge in [-0.2, -0.15) is 0 Å². The smallest absolute Gasteiger partial charge is 0.329 e. The third-order valence-electron chi connectivity index (χ3n) is 2.61. The normalized spacial score (nSPS) is 18.7. The fourth-order valence-electron chi connectivity index (χ4n) is 1.73. The molecule has 0 bridgehead atoms. The summed E-state index contributed by atoms with van der Waals surface area (Å²) in [5.74, 6) is 0.591. The van der Waals surface area contributed by atoms with Gasteiger partial charge in [0.15, 0.2) is 0 Å². The summed E-state index contributed by atoms with van der Waals surface area (Å²) in [6, 6.07) is 2.92. The molecule has 18 heavy (non-hydrogen) atoms. The van der Waals surface area contributed by atoms with Gasteiger partial charge in [-0.3, -0.25) is 9.78 Å². The number of amides is 1. The summed E-state index contributed by atoms with van der Waals surface area (Å²) >= 11 is 1.55. The van der Waals surface area contributed by atoms with Crippen molar-refractivity contribution in [3.8, 4) is 0 Å². The van der Waals surface area contributed by atoms with Gasteiger partial charge in [-0.1, -0.05) is 0 Å². The second kappa shape index (κ2) is 5.86. The van der Waals surface area contributed by atoms with Crippen molar-refractivity contribution in [2.24, 2.45) is 0 Å². The number of carbonyl (C=O) groups is 2. The predicted molar refractivity (Wildman–Crippen MR) is 68.2 cm³/mol. The van der Waals surface area contributed by atoms with Crippen molar-refractivity contribution >= 4 is 23.6 Å². The van der Waals surface area contributed by atoms with Crippen LogP contribution in [0.15, 0.2) is 24.5 Å². The maximum atomic E-state index is 12.2. The average Bonchev–Trinajstić information content (AvgIpc) is 2.88. The number of esters is 1. The van der Waals surface area contributed by atoms with Crippen LogP contribution in [0.2, 0.25) is 0 Å². The Kier molecular flexibility index (Phi) is 4.19. The summed E-state index contributed by atoms with van der Waals surface area (Å²) in [5, 5.41) is 0. The van der Waals surface area contributed by atoms with Gasteiger partial charge >= 0.3 is 5.97 Å². The summed E-state index contributed by atoms with van der Waals surface area (Å²) < 4.78 is 4.98. The number of hydrogen-bond acceptors (Lipinski definition) is 5. The Labute approximate surface area is 110 Å². The van der Waals surface area contributed by atoms with E-state index < -0.39 is 6.04 Å². The Morgan fingerprint density at radius 3 is 3.11 bits per heavy atom. The Balaban J connectivity index is 2.12. The summed E-state index contributed by atoms with van der Waals surface area (Å²) in [6.07, 6.45) is 3.12. The zero-order valence-electron chi connectivity index (χ0n) is 10.0. The fourth-order valence-corrected chi connectivity index (χ4v) is 2.87. The van der Waals surface area contributed by atoms with E-state index in [1.807, 2.05) is 0 Å². The largest absolute Gasteiger partial charge is 0.464 e. The molecule has 1 amide bonds. The molecular weight excluding hydrogens is 252 g/mol. The first-order valence-corrected chi connectivity index (χ1v) is 6.85. The van der Waals surface area contributed by atoms with E-state index in [0.717, 1.165) is 0 Å². The minimum atomic E-state index is -0.484. The first-order chi connectivity index (χ1) is 8.74. The minimum absolute atomic E-state index is 0.175. The fraction of sp³-hybridized carbons (Fsp3) is 0.417. The van der Waals surface area contributed by atoms with Gasteiger partial charge in [-0.15, -0.1) is 11.8 Å². The molecule has 0 spiro atoms. The van der Waals surface area contributed by atoms with Gasteiger partial charge in [0.1, 0.15) is 6.04 Å². The SMILES string of the molecule is CCOC(=O)C1CSCN1C(=O)c1cccnc1. The lowest BCUT2D eigenvalue weighted by Crippen LogP contribution is -2.42. The molecule has 1 aliphatic heterocycles. The minimum Gasteiger partial charge on any atom is -0.464 e. The van der Waals surface area contributed by atoms with E-state index in [1.165, 1.54) is 6.20 Å². The molecule has 96 valence electrons. The number of aromatic nitrogens is 1. The standard InChI is InChI=1S/C12H14N2O3S/c1-2-17-12(16)10-7-18-8-14(10)11(15)9-4-3-5-13-6-9/h3-6,10H,2,7-8H2,1H3. The Hall–Kier alpha value is -1.56. The molecule has 0 aliphatic carbocycles. The first kappa shape index (κ1) is 12.9.